The molecule has 0 radical (unpaired) electrons. The summed E-state index contributed by atoms with van der Waals surface area (Å²) < 4.78 is 0. The quantitative estimate of drug-likeness (QED) is 0.525. The summed E-state index contributed by atoms with van der Waals surface area (Å²) in [5.41, 5.74) is -0.0741. The normalized spacial score (nSPS) is 7.56. The third kappa shape index (κ3) is 2.77. The summed E-state index contributed by atoms with van der Waals surface area (Å²) in [7, 11) is 0. The average Bonchev–Trinajstić information content (AvgIpc) is 1.94. The van der Waals surface area contributed by atoms with Crippen LogP contribution in [0.25, 0.3) is 0 Å². The van der Waals surface area contributed by atoms with Crippen molar-refractivity contribution in [1.29, 1.82) is 0 Å². The second-order valence-electron chi connectivity index (χ2n) is 1.26. The Morgan fingerprint density at radius 2 is 1.56 bits per heavy atom. The summed E-state index contributed by atoms with van der Waals surface area (Å²) >= 11 is 0. The highest BCUT2D eigenvalue weighted by molar-refractivity contribution is 5.85. The van der Waals surface area contributed by atoms with Crippen LogP contribution in [0.1, 0.15) is 0 Å². The standard InChI is InChI=1S/C5H4N2O.ClH/c8-5-1-3-6-7-4-2-5;/h1-4H;1H. The van der Waals surface area contributed by atoms with Crippen LogP contribution in [0.4, 0.5) is 0 Å². The summed E-state index contributed by atoms with van der Waals surface area (Å²) in [5, 5.41) is 6.92. The second-order valence-corrected chi connectivity index (χ2v) is 1.26. The Balaban J connectivity index is 0.000000640. The van der Waals surface area contributed by atoms with Crippen LogP contribution in [0.3, 0.4) is 0 Å². The van der Waals surface area contributed by atoms with Crippen molar-refractivity contribution < 1.29 is 0 Å². The molecule has 0 aromatic carbocycles. The summed E-state index contributed by atoms with van der Waals surface area (Å²) in [6.07, 6.45) is 2.73. The molecule has 0 aliphatic heterocycles. The molecule has 0 N–H and O–H groups in total. The van der Waals surface area contributed by atoms with Gasteiger partial charge in [-0.1, -0.05) is 0 Å². The molecular weight excluding hydrogens is 140 g/mol. The van der Waals surface area contributed by atoms with E-state index in [-0.39, 0.29) is 17.8 Å². The van der Waals surface area contributed by atoms with Crippen LogP contribution in [0.2, 0.25) is 0 Å². The molecule has 0 unspecified atom stereocenters. The van der Waals surface area contributed by atoms with E-state index in [1.807, 2.05) is 0 Å². The number of hydrogen-bond acceptors (Lipinski definition) is 3. The zero-order valence-electron chi connectivity index (χ0n) is 4.52. The minimum absolute atomic E-state index is 0. The number of aromatic nitrogens is 2. The first-order chi connectivity index (χ1) is 3.89. The van der Waals surface area contributed by atoms with Crippen LogP contribution in [-0.4, -0.2) is 10.2 Å². The highest BCUT2D eigenvalue weighted by Gasteiger charge is 1.71. The van der Waals surface area contributed by atoms with Crippen molar-refractivity contribution >= 4 is 12.4 Å². The van der Waals surface area contributed by atoms with Crippen LogP contribution >= 0.6 is 12.4 Å². The fourth-order valence-electron chi connectivity index (χ4n) is 0.346. The van der Waals surface area contributed by atoms with E-state index in [0.717, 1.165) is 0 Å². The first-order valence-electron chi connectivity index (χ1n) is 2.16. The zero-order valence-corrected chi connectivity index (χ0v) is 5.34. The maximum Gasteiger partial charge on any atom is 0.181 e. The fraction of sp³-hybridized carbons (Fsp3) is 0. The van der Waals surface area contributed by atoms with Crippen molar-refractivity contribution in [1.82, 2.24) is 10.2 Å². The number of halogens is 1. The lowest BCUT2D eigenvalue weighted by Crippen LogP contribution is -1.87. The Hall–Kier alpha value is -0.960. The first-order valence-corrected chi connectivity index (χ1v) is 2.16. The molecule has 3 nitrogen and oxygen atoms in total. The van der Waals surface area contributed by atoms with Crippen molar-refractivity contribution in [2.24, 2.45) is 0 Å². The summed E-state index contributed by atoms with van der Waals surface area (Å²) in [6, 6.07) is 2.71. The average molecular weight is 145 g/mol. The zero-order chi connectivity index (χ0) is 5.82. The molecule has 0 saturated carbocycles. The van der Waals surface area contributed by atoms with E-state index in [1.165, 1.54) is 24.5 Å². The molecule has 4 heteroatoms. The van der Waals surface area contributed by atoms with E-state index in [4.69, 9.17) is 0 Å². The third-order valence-electron chi connectivity index (χ3n) is 0.678. The monoisotopic (exact) mass is 144 g/mol. The molecule has 1 rings (SSSR count). The van der Waals surface area contributed by atoms with Gasteiger partial charge in [0.15, 0.2) is 5.43 Å². The lowest BCUT2D eigenvalue weighted by atomic mass is 10.5. The Bertz CT molecular complexity index is 206. The van der Waals surface area contributed by atoms with Gasteiger partial charge in [-0.25, -0.2) is 0 Å². The van der Waals surface area contributed by atoms with E-state index in [0.29, 0.717) is 0 Å². The Kier molecular flexibility index (Phi) is 3.55. The van der Waals surface area contributed by atoms with Gasteiger partial charge in [0, 0.05) is 12.1 Å². The van der Waals surface area contributed by atoms with Gasteiger partial charge in [0.05, 0.1) is 12.4 Å². The first kappa shape index (κ1) is 8.04. The fourth-order valence-corrected chi connectivity index (χ4v) is 0.346. The highest BCUT2D eigenvalue weighted by Crippen LogP contribution is 1.60. The molecule has 0 aliphatic carbocycles. The number of hydrogen-bond donors (Lipinski definition) is 0. The summed E-state index contributed by atoms with van der Waals surface area (Å²) in [6.45, 7) is 0. The smallest absolute Gasteiger partial charge is 0.181 e. The van der Waals surface area contributed by atoms with Gasteiger partial charge in [-0.05, 0) is 0 Å². The van der Waals surface area contributed by atoms with Gasteiger partial charge in [0.2, 0.25) is 0 Å². The van der Waals surface area contributed by atoms with E-state index in [9.17, 15) is 4.79 Å². The van der Waals surface area contributed by atoms with Gasteiger partial charge in [-0.3, -0.25) is 4.79 Å². The van der Waals surface area contributed by atoms with E-state index >= 15 is 0 Å². The van der Waals surface area contributed by atoms with E-state index in [1.54, 1.807) is 0 Å². The van der Waals surface area contributed by atoms with Crippen molar-refractivity contribution in [2.45, 2.75) is 0 Å². The molecule has 1 heterocycles. The van der Waals surface area contributed by atoms with Gasteiger partial charge in [0.25, 0.3) is 0 Å². The Morgan fingerprint density at radius 1 is 1.11 bits per heavy atom. The van der Waals surface area contributed by atoms with Gasteiger partial charge in [0.1, 0.15) is 0 Å². The summed E-state index contributed by atoms with van der Waals surface area (Å²) in [4.78, 5) is 10.4. The SMILES string of the molecule is Cl.O=c1ccnncc1. The predicted octanol–water partition coefficient (Wildman–Crippen LogP) is 0.259. The summed E-state index contributed by atoms with van der Waals surface area (Å²) in [5.74, 6) is 0. The van der Waals surface area contributed by atoms with Crippen LogP contribution in [0.5, 0.6) is 0 Å². The molecule has 0 saturated heterocycles. The minimum atomic E-state index is -0.0741. The third-order valence-corrected chi connectivity index (χ3v) is 0.678. The van der Waals surface area contributed by atoms with Crippen LogP contribution in [0, 0.1) is 0 Å². The van der Waals surface area contributed by atoms with Gasteiger partial charge in [-0.2, -0.15) is 10.2 Å². The van der Waals surface area contributed by atoms with E-state index < -0.39 is 0 Å². The van der Waals surface area contributed by atoms with E-state index in [2.05, 4.69) is 10.2 Å². The molecule has 0 amide bonds. The lowest BCUT2D eigenvalue weighted by Gasteiger charge is -1.54. The van der Waals surface area contributed by atoms with Crippen molar-refractivity contribution in [2.75, 3.05) is 0 Å². The minimum Gasteiger partial charge on any atom is -0.290 e. The molecular formula is C5H5ClN2O. The molecule has 9 heavy (non-hydrogen) atoms. The number of rotatable bonds is 0. The topological polar surface area (TPSA) is 42.9 Å². The predicted molar refractivity (Wildman–Crippen MR) is 35.6 cm³/mol. The molecule has 0 aliphatic rings. The van der Waals surface area contributed by atoms with Crippen molar-refractivity contribution in [3.63, 3.8) is 0 Å². The highest BCUT2D eigenvalue weighted by atomic mass is 35.5. The molecule has 0 fully saturated rings. The van der Waals surface area contributed by atoms with Crippen LogP contribution in [-0.2, 0) is 0 Å². The maximum atomic E-state index is 10.4. The van der Waals surface area contributed by atoms with Crippen LogP contribution in [0.15, 0.2) is 29.3 Å². The maximum absolute atomic E-state index is 10.4. The largest absolute Gasteiger partial charge is 0.290 e. The molecule has 0 spiro atoms. The lowest BCUT2D eigenvalue weighted by molar-refractivity contribution is 1.05. The molecule has 0 bridgehead atoms. The molecule has 48 valence electrons. The molecule has 1 aromatic heterocycles. The molecule has 1 aromatic rings. The van der Waals surface area contributed by atoms with Crippen molar-refractivity contribution in [3.05, 3.63) is 34.7 Å². The molecule has 0 atom stereocenters. The Morgan fingerprint density at radius 3 is 2.00 bits per heavy atom. The van der Waals surface area contributed by atoms with Gasteiger partial charge < -0.3 is 0 Å². The van der Waals surface area contributed by atoms with Gasteiger partial charge in [-0.15, -0.1) is 12.4 Å². The second kappa shape index (κ2) is 3.97. The Labute approximate surface area is 58.2 Å². The van der Waals surface area contributed by atoms with Gasteiger partial charge >= 0.3 is 0 Å². The van der Waals surface area contributed by atoms with Crippen LogP contribution < -0.4 is 5.43 Å². The number of nitrogens with zero attached hydrogens (tertiary/aromatic N) is 2. The van der Waals surface area contributed by atoms with Crippen molar-refractivity contribution in [3.8, 4) is 0 Å².